The van der Waals surface area contributed by atoms with Gasteiger partial charge in [0.05, 0.1) is 19.0 Å². The monoisotopic (exact) mass is 258 g/mol. The van der Waals surface area contributed by atoms with Crippen molar-refractivity contribution in [1.82, 2.24) is 4.90 Å². The maximum absolute atomic E-state index is 5.25. The lowest BCUT2D eigenvalue weighted by Gasteiger charge is -2.37. The van der Waals surface area contributed by atoms with Gasteiger partial charge in [-0.1, -0.05) is 12.1 Å². The molecule has 2 aliphatic rings. The van der Waals surface area contributed by atoms with E-state index in [1.54, 1.807) is 7.11 Å². The Hall–Kier alpha value is -1.51. The lowest BCUT2D eigenvalue weighted by molar-refractivity contribution is 0.242. The number of ether oxygens (including phenoxy) is 1. The molecule has 3 heteroatoms. The highest BCUT2D eigenvalue weighted by Gasteiger charge is 2.27. The third-order valence-corrected chi connectivity index (χ3v) is 4.19. The lowest BCUT2D eigenvalue weighted by Crippen LogP contribution is -2.37. The molecule has 2 aliphatic heterocycles. The predicted octanol–water partition coefficient (Wildman–Crippen LogP) is 3.41. The molecule has 1 saturated heterocycles. The van der Waals surface area contributed by atoms with Crippen LogP contribution in [0.3, 0.4) is 0 Å². The number of nitrogens with zero attached hydrogens (tertiary/aromatic N) is 2. The molecule has 1 fully saturated rings. The molecule has 1 aromatic rings. The van der Waals surface area contributed by atoms with E-state index in [1.807, 2.05) is 0 Å². The Kier molecular flexibility index (Phi) is 3.72. The van der Waals surface area contributed by atoms with E-state index in [0.717, 1.165) is 25.3 Å². The normalized spacial score (nSPS) is 23.3. The molecule has 102 valence electrons. The fourth-order valence-corrected chi connectivity index (χ4v) is 3.17. The molecule has 3 nitrogen and oxygen atoms in total. The van der Waals surface area contributed by atoms with Crippen LogP contribution in [-0.4, -0.2) is 30.9 Å². The van der Waals surface area contributed by atoms with Gasteiger partial charge in [-0.25, -0.2) is 0 Å². The summed E-state index contributed by atoms with van der Waals surface area (Å²) >= 11 is 0. The maximum Gasteiger partial charge on any atom is 0.118 e. The van der Waals surface area contributed by atoms with E-state index in [1.165, 1.54) is 37.1 Å². The van der Waals surface area contributed by atoms with Crippen molar-refractivity contribution in [2.75, 3.05) is 20.2 Å². The average molecular weight is 258 g/mol. The van der Waals surface area contributed by atoms with Gasteiger partial charge in [-0.3, -0.25) is 4.99 Å². The van der Waals surface area contributed by atoms with Crippen molar-refractivity contribution in [1.29, 1.82) is 0 Å². The van der Waals surface area contributed by atoms with E-state index >= 15 is 0 Å². The van der Waals surface area contributed by atoms with Gasteiger partial charge >= 0.3 is 0 Å². The number of hydrogen-bond acceptors (Lipinski definition) is 3. The summed E-state index contributed by atoms with van der Waals surface area (Å²) in [4.78, 5) is 7.23. The van der Waals surface area contributed by atoms with Gasteiger partial charge in [-0.2, -0.15) is 0 Å². The summed E-state index contributed by atoms with van der Waals surface area (Å²) in [6.45, 7) is 2.18. The molecule has 3 rings (SSSR count). The first-order valence-electron chi connectivity index (χ1n) is 7.32. The first kappa shape index (κ1) is 12.5. The molecule has 0 N–H and O–H groups in total. The summed E-state index contributed by atoms with van der Waals surface area (Å²) in [6.07, 6.45) is 6.24. The molecule has 0 saturated carbocycles. The van der Waals surface area contributed by atoms with Crippen LogP contribution in [0.1, 0.15) is 43.7 Å². The number of methoxy groups -OCH3 is 1. The molecule has 19 heavy (non-hydrogen) atoms. The number of benzene rings is 1. The smallest absolute Gasteiger partial charge is 0.118 e. The number of piperidine rings is 1. The standard InChI is InChI=1S/C16H22N2O/c1-19-14-9-7-13(8-10-14)15-5-2-3-12-18(15)16-6-4-11-17-16/h7-10,15H,2-6,11-12H2,1H3. The Morgan fingerprint density at radius 3 is 2.68 bits per heavy atom. The molecule has 0 amide bonds. The quantitative estimate of drug-likeness (QED) is 0.812. The average Bonchev–Trinajstić information content (AvgIpc) is 3.01. The molecule has 1 unspecified atom stereocenters. The van der Waals surface area contributed by atoms with Crippen molar-refractivity contribution in [3.05, 3.63) is 29.8 Å². The Labute approximate surface area is 115 Å². The third kappa shape index (κ3) is 2.60. The zero-order chi connectivity index (χ0) is 13.1. The second-order valence-corrected chi connectivity index (χ2v) is 5.38. The highest BCUT2D eigenvalue weighted by molar-refractivity contribution is 5.84. The van der Waals surface area contributed by atoms with Gasteiger partial charge in [0, 0.05) is 19.5 Å². The molecular weight excluding hydrogens is 236 g/mol. The number of amidine groups is 1. The van der Waals surface area contributed by atoms with Crippen molar-refractivity contribution < 1.29 is 4.74 Å². The molecule has 1 atom stereocenters. The minimum absolute atomic E-state index is 0.511. The van der Waals surface area contributed by atoms with Crippen LogP contribution < -0.4 is 4.74 Å². The minimum Gasteiger partial charge on any atom is -0.497 e. The second-order valence-electron chi connectivity index (χ2n) is 5.38. The minimum atomic E-state index is 0.511. The van der Waals surface area contributed by atoms with Gasteiger partial charge in [0.1, 0.15) is 5.75 Å². The molecule has 0 bridgehead atoms. The Morgan fingerprint density at radius 2 is 2.00 bits per heavy atom. The van der Waals surface area contributed by atoms with E-state index in [0.29, 0.717) is 6.04 Å². The molecule has 2 heterocycles. The van der Waals surface area contributed by atoms with Crippen LogP contribution in [0, 0.1) is 0 Å². The molecule has 1 aromatic carbocycles. The lowest BCUT2D eigenvalue weighted by atomic mass is 9.94. The highest BCUT2D eigenvalue weighted by Crippen LogP contribution is 2.33. The molecule has 0 aromatic heterocycles. The Morgan fingerprint density at radius 1 is 1.16 bits per heavy atom. The summed E-state index contributed by atoms with van der Waals surface area (Å²) in [6, 6.07) is 9.06. The van der Waals surface area contributed by atoms with E-state index in [4.69, 9.17) is 4.74 Å². The first-order valence-corrected chi connectivity index (χ1v) is 7.32. The van der Waals surface area contributed by atoms with E-state index in [2.05, 4.69) is 34.2 Å². The van der Waals surface area contributed by atoms with Crippen LogP contribution in [0.4, 0.5) is 0 Å². The topological polar surface area (TPSA) is 24.8 Å². The van der Waals surface area contributed by atoms with Crippen LogP contribution in [0.15, 0.2) is 29.3 Å². The fraction of sp³-hybridized carbons (Fsp3) is 0.562. The van der Waals surface area contributed by atoms with Crippen molar-refractivity contribution in [3.8, 4) is 5.75 Å². The largest absolute Gasteiger partial charge is 0.497 e. The van der Waals surface area contributed by atoms with Gasteiger partial charge < -0.3 is 9.64 Å². The van der Waals surface area contributed by atoms with Crippen LogP contribution in [0.5, 0.6) is 5.75 Å². The zero-order valence-corrected chi connectivity index (χ0v) is 11.6. The van der Waals surface area contributed by atoms with E-state index < -0.39 is 0 Å². The van der Waals surface area contributed by atoms with Crippen molar-refractivity contribution >= 4 is 5.84 Å². The van der Waals surface area contributed by atoms with Crippen LogP contribution in [-0.2, 0) is 0 Å². The maximum atomic E-state index is 5.25. The molecular formula is C16H22N2O. The van der Waals surface area contributed by atoms with E-state index in [9.17, 15) is 0 Å². The van der Waals surface area contributed by atoms with Crippen molar-refractivity contribution in [2.45, 2.75) is 38.1 Å². The SMILES string of the molecule is COc1ccc(C2CCCCN2C2=NCCC2)cc1. The third-order valence-electron chi connectivity index (χ3n) is 4.19. The summed E-state index contributed by atoms with van der Waals surface area (Å²) < 4.78 is 5.25. The van der Waals surface area contributed by atoms with Gasteiger partial charge in [-0.15, -0.1) is 0 Å². The van der Waals surface area contributed by atoms with Gasteiger partial charge in [0.15, 0.2) is 0 Å². The van der Waals surface area contributed by atoms with Crippen LogP contribution in [0.2, 0.25) is 0 Å². The first-order chi connectivity index (χ1) is 9.38. The predicted molar refractivity (Wildman–Crippen MR) is 77.8 cm³/mol. The number of likely N-dealkylation sites (tertiary alicyclic amines) is 1. The van der Waals surface area contributed by atoms with Crippen LogP contribution in [0.25, 0.3) is 0 Å². The zero-order valence-electron chi connectivity index (χ0n) is 11.6. The second kappa shape index (κ2) is 5.64. The Balaban J connectivity index is 1.82. The number of aliphatic imine (C=N–C) groups is 1. The van der Waals surface area contributed by atoms with Gasteiger partial charge in [-0.05, 0) is 43.4 Å². The van der Waals surface area contributed by atoms with Crippen molar-refractivity contribution in [2.24, 2.45) is 4.99 Å². The summed E-state index contributed by atoms with van der Waals surface area (Å²) in [7, 11) is 1.72. The van der Waals surface area contributed by atoms with Crippen molar-refractivity contribution in [3.63, 3.8) is 0 Å². The summed E-state index contributed by atoms with van der Waals surface area (Å²) in [5.41, 5.74) is 1.40. The van der Waals surface area contributed by atoms with Gasteiger partial charge in [0.2, 0.25) is 0 Å². The number of rotatable bonds is 2. The Bertz CT molecular complexity index is 452. The fourth-order valence-electron chi connectivity index (χ4n) is 3.17. The summed E-state index contributed by atoms with van der Waals surface area (Å²) in [5, 5.41) is 0. The van der Waals surface area contributed by atoms with E-state index in [-0.39, 0.29) is 0 Å². The summed E-state index contributed by atoms with van der Waals surface area (Å²) in [5.74, 6) is 2.27. The van der Waals surface area contributed by atoms with Crippen LogP contribution >= 0.6 is 0 Å². The molecule has 0 spiro atoms. The highest BCUT2D eigenvalue weighted by atomic mass is 16.5. The molecule has 0 radical (unpaired) electrons. The number of hydrogen-bond donors (Lipinski definition) is 0. The van der Waals surface area contributed by atoms with Gasteiger partial charge in [0.25, 0.3) is 0 Å². The molecule has 0 aliphatic carbocycles.